The van der Waals surface area contributed by atoms with Crippen molar-refractivity contribution in [2.45, 2.75) is 0 Å². The van der Waals surface area contributed by atoms with Crippen LogP contribution in [-0.4, -0.2) is 15.5 Å². The van der Waals surface area contributed by atoms with E-state index in [4.69, 9.17) is 27.9 Å². The van der Waals surface area contributed by atoms with Crippen molar-refractivity contribution in [3.63, 3.8) is 0 Å². The Morgan fingerprint density at radius 1 is 1.21 bits per heavy atom. The normalized spacial score (nSPS) is 10.5. The van der Waals surface area contributed by atoms with E-state index < -0.39 is 0 Å². The highest BCUT2D eigenvalue weighted by Crippen LogP contribution is 2.30. The Bertz CT molecular complexity index is 879. The number of para-hydroxylation sites is 1. The van der Waals surface area contributed by atoms with Gasteiger partial charge in [0.05, 0.1) is 11.2 Å². The number of carbonyl (C=O) groups excluding carboxylic acids is 1. The molecule has 2 heterocycles. The van der Waals surface area contributed by atoms with Crippen LogP contribution in [0.4, 0.5) is 5.69 Å². The molecule has 3 rings (SSSR count). The summed E-state index contributed by atoms with van der Waals surface area (Å²) in [7, 11) is 1.66. The lowest BCUT2D eigenvalue weighted by atomic mass is 10.3. The van der Waals surface area contributed by atoms with Crippen LogP contribution in [0, 0.1) is 0 Å². The molecule has 2 aromatic heterocycles. The number of hydrogen-bond acceptors (Lipinski definition) is 3. The zero-order chi connectivity index (χ0) is 17.1. The lowest BCUT2D eigenvalue weighted by Crippen LogP contribution is -2.16. The van der Waals surface area contributed by atoms with E-state index in [0.717, 1.165) is 0 Å². The summed E-state index contributed by atoms with van der Waals surface area (Å²) in [5.74, 6) is 0.775. The predicted molar refractivity (Wildman–Crippen MR) is 94.1 cm³/mol. The van der Waals surface area contributed by atoms with Crippen molar-refractivity contribution >= 4 is 34.8 Å². The molecule has 7 heteroatoms. The average Bonchev–Trinajstić information content (AvgIpc) is 2.85. The molecule has 0 bridgehead atoms. The van der Waals surface area contributed by atoms with E-state index in [1.54, 1.807) is 19.3 Å². The summed E-state index contributed by atoms with van der Waals surface area (Å²) in [4.78, 5) is 16.5. The molecule has 5 nitrogen and oxygen atoms in total. The van der Waals surface area contributed by atoms with Crippen molar-refractivity contribution in [1.29, 1.82) is 0 Å². The first-order valence-electron chi connectivity index (χ1n) is 7.05. The van der Waals surface area contributed by atoms with Crippen molar-refractivity contribution in [3.8, 4) is 11.5 Å². The van der Waals surface area contributed by atoms with Crippen LogP contribution in [0.2, 0.25) is 10.2 Å². The fourth-order valence-electron chi connectivity index (χ4n) is 2.13. The van der Waals surface area contributed by atoms with Crippen LogP contribution in [0.25, 0.3) is 0 Å². The predicted octanol–water partition coefficient (Wildman–Crippen LogP) is 4.77. The number of halogens is 2. The van der Waals surface area contributed by atoms with Crippen molar-refractivity contribution in [2.75, 3.05) is 5.32 Å². The highest BCUT2D eigenvalue weighted by atomic mass is 35.5. The average molecular weight is 362 g/mol. The third-order valence-electron chi connectivity index (χ3n) is 3.35. The standard InChI is InChI=1S/C17H13Cl2N3O2/c1-22-14(9-12(18)16(22)19)17(23)21-13-10-20-8-7-15(13)24-11-5-3-2-4-6-11/h2-10H,1H3,(H,21,23). The number of pyridine rings is 1. The number of nitrogens with zero attached hydrogens (tertiary/aromatic N) is 2. The van der Waals surface area contributed by atoms with Gasteiger partial charge in [0.2, 0.25) is 0 Å². The van der Waals surface area contributed by atoms with Crippen molar-refractivity contribution in [1.82, 2.24) is 9.55 Å². The minimum atomic E-state index is -0.364. The van der Waals surface area contributed by atoms with Crippen molar-refractivity contribution in [2.24, 2.45) is 7.05 Å². The minimum absolute atomic E-state index is 0.300. The molecule has 0 spiro atoms. The molecule has 3 aromatic rings. The zero-order valence-corrected chi connectivity index (χ0v) is 14.2. The monoisotopic (exact) mass is 361 g/mol. The van der Waals surface area contributed by atoms with Gasteiger partial charge in [-0.3, -0.25) is 9.78 Å². The number of nitrogens with one attached hydrogen (secondary N) is 1. The van der Waals surface area contributed by atoms with E-state index in [9.17, 15) is 4.79 Å². The number of amides is 1. The maximum absolute atomic E-state index is 12.5. The van der Waals surface area contributed by atoms with E-state index in [-0.39, 0.29) is 5.91 Å². The van der Waals surface area contributed by atoms with Crippen LogP contribution >= 0.6 is 23.2 Å². The Morgan fingerprint density at radius 2 is 1.96 bits per heavy atom. The molecule has 0 saturated heterocycles. The van der Waals surface area contributed by atoms with Gasteiger partial charge in [-0.1, -0.05) is 41.4 Å². The van der Waals surface area contributed by atoms with Crippen LogP contribution < -0.4 is 10.1 Å². The molecule has 0 aliphatic rings. The molecular weight excluding hydrogens is 349 g/mol. The lowest BCUT2D eigenvalue weighted by molar-refractivity contribution is 0.101. The van der Waals surface area contributed by atoms with Crippen LogP contribution in [-0.2, 0) is 7.05 Å². The largest absolute Gasteiger partial charge is 0.455 e. The molecule has 0 aliphatic carbocycles. The molecule has 0 fully saturated rings. The van der Waals surface area contributed by atoms with Crippen LogP contribution in [0.5, 0.6) is 11.5 Å². The Kier molecular flexibility index (Phi) is 4.74. The molecule has 0 unspecified atom stereocenters. The number of hydrogen-bond donors (Lipinski definition) is 1. The second-order valence-electron chi connectivity index (χ2n) is 4.97. The van der Waals surface area contributed by atoms with Crippen LogP contribution in [0.1, 0.15) is 10.5 Å². The van der Waals surface area contributed by atoms with Gasteiger partial charge in [0.15, 0.2) is 5.75 Å². The van der Waals surface area contributed by atoms with Crippen LogP contribution in [0.15, 0.2) is 54.9 Å². The third-order valence-corrected chi connectivity index (χ3v) is 4.19. The van der Waals surface area contributed by atoms with E-state index in [0.29, 0.717) is 33.1 Å². The number of carbonyl (C=O) groups is 1. The molecular formula is C17H13Cl2N3O2. The Morgan fingerprint density at radius 3 is 2.62 bits per heavy atom. The number of aromatic nitrogens is 2. The first-order chi connectivity index (χ1) is 11.6. The van der Waals surface area contributed by atoms with Gasteiger partial charge in [0, 0.05) is 19.3 Å². The summed E-state index contributed by atoms with van der Waals surface area (Å²) in [5, 5.41) is 3.38. The Labute approximate surface area is 148 Å². The SMILES string of the molecule is Cn1c(C(=O)Nc2cnccc2Oc2ccccc2)cc(Cl)c1Cl. The van der Waals surface area contributed by atoms with Gasteiger partial charge in [-0.05, 0) is 18.2 Å². The minimum Gasteiger partial charge on any atom is -0.455 e. The first-order valence-corrected chi connectivity index (χ1v) is 7.81. The van der Waals surface area contributed by atoms with E-state index in [1.807, 2.05) is 30.3 Å². The topological polar surface area (TPSA) is 56.2 Å². The Hall–Kier alpha value is -2.50. The molecule has 1 aromatic carbocycles. The number of anilines is 1. The molecule has 24 heavy (non-hydrogen) atoms. The van der Waals surface area contributed by atoms with E-state index >= 15 is 0 Å². The van der Waals surface area contributed by atoms with Gasteiger partial charge in [-0.2, -0.15) is 0 Å². The maximum Gasteiger partial charge on any atom is 0.272 e. The molecule has 1 N–H and O–H groups in total. The first kappa shape index (κ1) is 16.4. The van der Waals surface area contributed by atoms with Gasteiger partial charge in [0.1, 0.15) is 22.3 Å². The van der Waals surface area contributed by atoms with Gasteiger partial charge >= 0.3 is 0 Å². The summed E-state index contributed by atoms with van der Waals surface area (Å²) >= 11 is 11.9. The molecule has 0 atom stereocenters. The van der Waals surface area contributed by atoms with Gasteiger partial charge in [0.25, 0.3) is 5.91 Å². The second kappa shape index (κ2) is 6.95. The molecule has 1 amide bonds. The van der Waals surface area contributed by atoms with Gasteiger partial charge in [-0.15, -0.1) is 0 Å². The highest BCUT2D eigenvalue weighted by Gasteiger charge is 2.17. The molecule has 122 valence electrons. The molecule has 0 aliphatic heterocycles. The number of benzene rings is 1. The number of ether oxygens (including phenoxy) is 1. The summed E-state index contributed by atoms with van der Waals surface area (Å²) < 4.78 is 7.30. The van der Waals surface area contributed by atoms with Crippen LogP contribution in [0.3, 0.4) is 0 Å². The number of rotatable bonds is 4. The van der Waals surface area contributed by atoms with Crippen molar-refractivity contribution < 1.29 is 9.53 Å². The quantitative estimate of drug-likeness (QED) is 0.727. The summed E-state index contributed by atoms with van der Waals surface area (Å²) in [6.07, 6.45) is 3.10. The zero-order valence-electron chi connectivity index (χ0n) is 12.7. The third kappa shape index (κ3) is 3.37. The van der Waals surface area contributed by atoms with E-state index in [2.05, 4.69) is 10.3 Å². The Balaban J connectivity index is 1.85. The van der Waals surface area contributed by atoms with E-state index in [1.165, 1.54) is 16.8 Å². The highest BCUT2D eigenvalue weighted by molar-refractivity contribution is 6.42. The molecule has 0 saturated carbocycles. The summed E-state index contributed by atoms with van der Waals surface area (Å²) in [5.41, 5.74) is 0.777. The van der Waals surface area contributed by atoms with Crippen molar-refractivity contribution in [3.05, 3.63) is 70.7 Å². The fraction of sp³-hybridized carbons (Fsp3) is 0.0588. The molecule has 0 radical (unpaired) electrons. The maximum atomic E-state index is 12.5. The van der Waals surface area contributed by atoms with Gasteiger partial charge in [-0.25, -0.2) is 0 Å². The second-order valence-corrected chi connectivity index (χ2v) is 5.73. The lowest BCUT2D eigenvalue weighted by Gasteiger charge is -2.12. The summed E-state index contributed by atoms with van der Waals surface area (Å²) in [6, 6.07) is 12.4. The smallest absolute Gasteiger partial charge is 0.272 e. The van der Waals surface area contributed by atoms with Gasteiger partial charge < -0.3 is 14.6 Å². The summed E-state index contributed by atoms with van der Waals surface area (Å²) in [6.45, 7) is 0. The fourth-order valence-corrected chi connectivity index (χ4v) is 2.50.